The minimum Gasteiger partial charge on any atom is -0.434 e. The summed E-state index contributed by atoms with van der Waals surface area (Å²) in [5.41, 5.74) is -2.69. The summed E-state index contributed by atoms with van der Waals surface area (Å²) in [5, 5.41) is 20.1. The number of alkyl halides is 5. The molecule has 0 aromatic carbocycles. The van der Waals surface area contributed by atoms with Gasteiger partial charge < -0.3 is 20.5 Å². The molecule has 1 fully saturated rings. The van der Waals surface area contributed by atoms with Crippen molar-refractivity contribution in [3.8, 4) is 17.0 Å². The maximum Gasteiger partial charge on any atom is 0.391 e. The molecule has 2 heterocycles. The summed E-state index contributed by atoms with van der Waals surface area (Å²) in [6, 6.07) is 1.04. The van der Waals surface area contributed by atoms with Crippen LogP contribution in [0.4, 0.5) is 27.8 Å². The van der Waals surface area contributed by atoms with E-state index in [9.17, 15) is 31.9 Å². The Morgan fingerprint density at radius 3 is 2.40 bits per heavy atom. The number of halogens is 6. The summed E-state index contributed by atoms with van der Waals surface area (Å²) in [6.45, 7) is 3.31. The highest BCUT2D eigenvalue weighted by molar-refractivity contribution is 7.51. The van der Waals surface area contributed by atoms with E-state index in [2.05, 4.69) is 32.4 Å². The van der Waals surface area contributed by atoms with Crippen molar-refractivity contribution >= 4 is 34.9 Å². The van der Waals surface area contributed by atoms with Gasteiger partial charge in [0.25, 0.3) is 5.91 Å². The molecular formula is C25H33ClF5N5O5S. The number of rotatable bonds is 10. The Labute approximate surface area is 248 Å². The lowest BCUT2D eigenvalue weighted by Gasteiger charge is -2.34. The molecule has 10 nitrogen and oxygen atoms in total. The van der Waals surface area contributed by atoms with Crippen LogP contribution in [-0.2, 0) is 18.1 Å². The fourth-order valence-electron chi connectivity index (χ4n) is 4.64. The molecule has 0 saturated heterocycles. The summed E-state index contributed by atoms with van der Waals surface area (Å²) in [7, 11) is 0. The van der Waals surface area contributed by atoms with E-state index < -0.39 is 53.6 Å². The molecule has 2 aromatic rings. The predicted octanol–water partition coefficient (Wildman–Crippen LogP) is 5.36. The molecule has 0 spiro atoms. The van der Waals surface area contributed by atoms with Gasteiger partial charge in [0.05, 0.1) is 28.3 Å². The minimum atomic E-state index is -4.47. The number of nitrogens with one attached hydrogen (secondary N) is 2. The van der Waals surface area contributed by atoms with E-state index in [1.807, 2.05) is 0 Å². The van der Waals surface area contributed by atoms with Crippen LogP contribution in [0.1, 0.15) is 70.3 Å². The summed E-state index contributed by atoms with van der Waals surface area (Å²) >= 11 is 5.77. The minimum absolute atomic E-state index is 0.00141. The molecule has 17 heteroatoms. The molecule has 1 aliphatic carbocycles. The van der Waals surface area contributed by atoms with Gasteiger partial charge in [-0.1, -0.05) is 18.5 Å². The Kier molecular flexibility index (Phi) is 12.2. The van der Waals surface area contributed by atoms with Crippen LogP contribution >= 0.6 is 11.6 Å². The van der Waals surface area contributed by atoms with Gasteiger partial charge in [0.1, 0.15) is 11.6 Å². The fraction of sp³-hybridized carbons (Fsp3) is 0.640. The van der Waals surface area contributed by atoms with Crippen LogP contribution < -0.4 is 15.4 Å². The van der Waals surface area contributed by atoms with Gasteiger partial charge in [-0.25, -0.2) is 4.98 Å². The van der Waals surface area contributed by atoms with Gasteiger partial charge in [-0.2, -0.15) is 35.5 Å². The Hall–Kier alpha value is -2.85. The number of hydrogen-bond donors (Lipinski definition) is 3. The molecule has 42 heavy (non-hydrogen) atoms. The second-order valence-electron chi connectivity index (χ2n) is 10.7. The number of ether oxygens (including phenoxy) is 1. The Morgan fingerprint density at radius 1 is 1.29 bits per heavy atom. The predicted molar refractivity (Wildman–Crippen MR) is 145 cm³/mol. The third-order valence-corrected chi connectivity index (χ3v) is 7.00. The van der Waals surface area contributed by atoms with Crippen LogP contribution in [-0.4, -0.2) is 64.7 Å². The van der Waals surface area contributed by atoms with E-state index >= 15 is 0 Å². The number of nitrogens with zero attached hydrogens (tertiary/aromatic N) is 3. The normalized spacial score (nSPS) is 19.1. The van der Waals surface area contributed by atoms with E-state index in [1.165, 1.54) is 18.5 Å². The molecule has 1 amide bonds. The van der Waals surface area contributed by atoms with Crippen molar-refractivity contribution in [2.75, 3.05) is 11.9 Å². The van der Waals surface area contributed by atoms with Crippen molar-refractivity contribution < 1.29 is 45.0 Å². The number of carbonyl (C=O) groups excluding carboxylic acids is 1. The number of aliphatic hydroxyl groups is 1. The molecule has 0 bridgehead atoms. The lowest BCUT2D eigenvalue weighted by Crippen LogP contribution is -2.45. The van der Waals surface area contributed by atoms with Gasteiger partial charge in [0.2, 0.25) is 0 Å². The smallest absolute Gasteiger partial charge is 0.391 e. The number of amides is 1. The lowest BCUT2D eigenvalue weighted by molar-refractivity contribution is -0.142. The van der Waals surface area contributed by atoms with Crippen LogP contribution in [0.5, 0.6) is 5.75 Å². The molecule has 0 aliphatic heterocycles. The van der Waals surface area contributed by atoms with Gasteiger partial charge in [-0.15, -0.1) is 0 Å². The zero-order valence-corrected chi connectivity index (χ0v) is 24.9. The lowest BCUT2D eigenvalue weighted by atomic mass is 9.79. The zero-order chi connectivity index (χ0) is 31.9. The van der Waals surface area contributed by atoms with Gasteiger partial charge >= 0.3 is 24.4 Å². The van der Waals surface area contributed by atoms with E-state index in [-0.39, 0.29) is 40.9 Å². The molecule has 1 aliphatic rings. The monoisotopic (exact) mass is 645 g/mol. The Balaban J connectivity index is 0.00000197. The zero-order valence-electron chi connectivity index (χ0n) is 23.4. The average Bonchev–Trinajstić information content (AvgIpc) is 3.19. The summed E-state index contributed by atoms with van der Waals surface area (Å²) in [5.74, 6) is -0.708. The second kappa shape index (κ2) is 14.6. The van der Waals surface area contributed by atoms with Gasteiger partial charge in [0.15, 0.2) is 5.69 Å². The number of hydrogen-bond acceptors (Lipinski definition) is 8. The molecule has 0 atom stereocenters. The topological polar surface area (TPSA) is 135 Å². The maximum absolute atomic E-state index is 13.3. The van der Waals surface area contributed by atoms with Crippen molar-refractivity contribution in [3.63, 3.8) is 0 Å². The third kappa shape index (κ3) is 10.2. The van der Waals surface area contributed by atoms with E-state index in [0.717, 1.165) is 25.1 Å². The second-order valence-corrected chi connectivity index (χ2v) is 11.2. The molecule has 236 valence electrons. The number of carbonyl (C=O) groups is 1. The Bertz CT molecular complexity index is 1260. The highest BCUT2D eigenvalue weighted by Gasteiger charge is 2.37. The van der Waals surface area contributed by atoms with Crippen LogP contribution in [0.15, 0.2) is 12.3 Å². The van der Waals surface area contributed by atoms with Crippen LogP contribution in [0.3, 0.4) is 0 Å². The van der Waals surface area contributed by atoms with Gasteiger partial charge in [-0.05, 0) is 52.4 Å². The van der Waals surface area contributed by atoms with Crippen molar-refractivity contribution in [1.29, 1.82) is 0 Å². The number of aryl methyl sites for hydroxylation is 1. The first kappa shape index (κ1) is 35.3. The highest BCUT2D eigenvalue weighted by atomic mass is 35.5. The standard InChI is InChI=1S/C25H33ClF5N5O3.O2S/c1-5-36-20(18(26)19(35-36)21(37)33-13-24(38)8-6-14(2)7-9-24)15-11-32-17(10-16(15)39-22(27)28)34-23(3,4)12-25(29,30)31;1-3-2/h10-11,14,22,38H,5-9,12-13H2,1-4H3,(H,32,34)(H,33,37);. The van der Waals surface area contributed by atoms with Crippen molar-refractivity contribution in [2.45, 2.75) is 90.3 Å². The van der Waals surface area contributed by atoms with E-state index in [0.29, 0.717) is 18.8 Å². The summed E-state index contributed by atoms with van der Waals surface area (Å²) in [6.07, 6.45) is -1.81. The fourth-order valence-corrected chi connectivity index (χ4v) is 4.97. The molecule has 3 N–H and O–H groups in total. The van der Waals surface area contributed by atoms with Crippen LogP contribution in [0, 0.1) is 5.92 Å². The third-order valence-electron chi connectivity index (χ3n) is 6.64. The number of anilines is 1. The first-order valence-electron chi connectivity index (χ1n) is 12.9. The first-order valence-corrected chi connectivity index (χ1v) is 14.0. The molecule has 3 rings (SSSR count). The summed E-state index contributed by atoms with van der Waals surface area (Å²) in [4.78, 5) is 17.0. The molecular weight excluding hydrogens is 613 g/mol. The molecule has 0 unspecified atom stereocenters. The quantitative estimate of drug-likeness (QED) is 0.294. The van der Waals surface area contributed by atoms with Crippen LogP contribution in [0.25, 0.3) is 11.3 Å². The van der Waals surface area contributed by atoms with Crippen molar-refractivity contribution in [3.05, 3.63) is 23.0 Å². The van der Waals surface area contributed by atoms with Crippen molar-refractivity contribution in [2.24, 2.45) is 5.92 Å². The number of aromatic nitrogens is 3. The maximum atomic E-state index is 13.3. The number of pyridine rings is 1. The molecule has 0 radical (unpaired) electrons. The van der Waals surface area contributed by atoms with E-state index in [4.69, 9.17) is 20.0 Å². The SMILES string of the molecule is CCn1nc(C(=O)NCC2(O)CCC(C)CC2)c(Cl)c1-c1cnc(NC(C)(C)CC(F)(F)F)cc1OC(F)F.O=S=O. The van der Waals surface area contributed by atoms with Gasteiger partial charge in [-0.3, -0.25) is 9.48 Å². The largest absolute Gasteiger partial charge is 0.434 e. The van der Waals surface area contributed by atoms with Gasteiger partial charge in [0, 0.05) is 30.9 Å². The van der Waals surface area contributed by atoms with Crippen LogP contribution in [0.2, 0.25) is 5.02 Å². The Morgan fingerprint density at radius 2 is 1.88 bits per heavy atom. The highest BCUT2D eigenvalue weighted by Crippen LogP contribution is 2.39. The first-order chi connectivity index (χ1) is 19.4. The summed E-state index contributed by atoms with van der Waals surface area (Å²) < 4.78 is 88.0. The van der Waals surface area contributed by atoms with Crippen molar-refractivity contribution in [1.82, 2.24) is 20.1 Å². The molecule has 1 saturated carbocycles. The molecule has 2 aromatic heterocycles. The average molecular weight is 646 g/mol. The van der Waals surface area contributed by atoms with E-state index in [1.54, 1.807) is 6.92 Å².